The number of amides is 3. The highest BCUT2D eigenvalue weighted by molar-refractivity contribution is 6.12. The smallest absolute Gasteiger partial charge is 0.251 e. The summed E-state index contributed by atoms with van der Waals surface area (Å²) in [4.78, 5) is 55.5. The molecule has 11 heteroatoms. The van der Waals surface area contributed by atoms with E-state index in [0.717, 1.165) is 25.0 Å². The average Bonchev–Trinajstić information content (AvgIpc) is 3.74. The second-order valence-corrected chi connectivity index (χ2v) is 10.8. The average molecular weight is 549 g/mol. The molecule has 0 spiro atoms. The van der Waals surface area contributed by atoms with Crippen LogP contribution in [-0.4, -0.2) is 58.6 Å². The molecule has 3 atom stereocenters. The van der Waals surface area contributed by atoms with E-state index in [1.807, 2.05) is 47.9 Å². The summed E-state index contributed by atoms with van der Waals surface area (Å²) in [7, 11) is 0. The van der Waals surface area contributed by atoms with Crippen LogP contribution in [0.15, 0.2) is 67.1 Å². The molecule has 0 unspecified atom stereocenters. The fraction of sp³-hybridized carbons (Fsp3) is 0.267. The topological polar surface area (TPSA) is 141 Å². The van der Waals surface area contributed by atoms with Gasteiger partial charge in [-0.15, -0.1) is 0 Å². The van der Waals surface area contributed by atoms with Gasteiger partial charge in [0, 0.05) is 35.0 Å². The standard InChI is InChI=1S/C30H28N8O3/c1-17-6-4-9-23(34-17)35-29(41)26-18-10-11-19(14-18)38(26)24(39)16-37-21-8-3-2-7-20(21)25(28(31)40)27(37)22-15-33-30-32-12-5-13-36(22)30/h2-9,12-13,15,18-19,26H,10-11,14,16H2,1H3,(H2,31,40)(H,34,35,41)/t18-,19+,26-/m0/s1. The lowest BCUT2D eigenvalue weighted by molar-refractivity contribution is -0.141. The minimum Gasteiger partial charge on any atom is -0.366 e. The van der Waals surface area contributed by atoms with Crippen LogP contribution in [0.4, 0.5) is 5.82 Å². The molecular weight excluding hydrogens is 520 g/mol. The number of pyridine rings is 1. The van der Waals surface area contributed by atoms with Crippen LogP contribution in [0.5, 0.6) is 0 Å². The first kappa shape index (κ1) is 24.9. The van der Waals surface area contributed by atoms with Crippen molar-refractivity contribution in [1.82, 2.24) is 28.8 Å². The van der Waals surface area contributed by atoms with E-state index in [1.54, 1.807) is 40.0 Å². The summed E-state index contributed by atoms with van der Waals surface area (Å²) >= 11 is 0. The molecule has 4 aromatic heterocycles. The molecule has 1 saturated carbocycles. The fourth-order valence-electron chi connectivity index (χ4n) is 6.70. The van der Waals surface area contributed by atoms with Gasteiger partial charge in [-0.25, -0.2) is 15.0 Å². The van der Waals surface area contributed by atoms with Gasteiger partial charge in [0.2, 0.25) is 17.6 Å². The minimum absolute atomic E-state index is 0.0189. The number of nitrogens with zero attached hydrogens (tertiary/aromatic N) is 6. The van der Waals surface area contributed by atoms with E-state index in [2.05, 4.69) is 20.3 Å². The summed E-state index contributed by atoms with van der Waals surface area (Å²) in [6, 6.07) is 14.0. The number of nitrogens with one attached hydrogen (secondary N) is 1. The van der Waals surface area contributed by atoms with E-state index >= 15 is 0 Å². The number of nitrogens with two attached hydrogens (primary N) is 1. The number of rotatable bonds is 6. The van der Waals surface area contributed by atoms with Crippen LogP contribution < -0.4 is 11.1 Å². The normalized spacial score (nSPS) is 19.7. The SMILES string of the molecule is Cc1cccc(NC(=O)[C@@H]2[C@H]3CC[C@H](C3)N2C(=O)Cn2c(-c3cnc4ncccn34)c(C(N)=O)c3ccccc32)n1. The maximum absolute atomic E-state index is 14.2. The third kappa shape index (κ3) is 4.03. The van der Waals surface area contributed by atoms with Crippen molar-refractivity contribution in [2.75, 3.05) is 5.32 Å². The summed E-state index contributed by atoms with van der Waals surface area (Å²) in [5.41, 5.74) is 8.81. The highest BCUT2D eigenvalue weighted by atomic mass is 16.2. The van der Waals surface area contributed by atoms with Gasteiger partial charge in [0.05, 0.1) is 23.1 Å². The number of hydrogen-bond acceptors (Lipinski definition) is 6. The monoisotopic (exact) mass is 548 g/mol. The molecule has 2 aliphatic rings. The van der Waals surface area contributed by atoms with E-state index in [4.69, 9.17) is 5.73 Å². The molecule has 5 aromatic rings. The van der Waals surface area contributed by atoms with Gasteiger partial charge in [-0.2, -0.15) is 0 Å². The van der Waals surface area contributed by atoms with E-state index in [1.165, 1.54) is 0 Å². The highest BCUT2D eigenvalue weighted by Gasteiger charge is 2.51. The maximum Gasteiger partial charge on any atom is 0.251 e. The summed E-state index contributed by atoms with van der Waals surface area (Å²) in [6.07, 6.45) is 7.61. The van der Waals surface area contributed by atoms with E-state index in [9.17, 15) is 14.4 Å². The zero-order valence-electron chi connectivity index (χ0n) is 22.4. The third-order valence-electron chi connectivity index (χ3n) is 8.32. The van der Waals surface area contributed by atoms with Crippen LogP contribution in [-0.2, 0) is 16.1 Å². The number of primary amides is 1. The molecule has 206 valence electrons. The zero-order valence-corrected chi connectivity index (χ0v) is 22.4. The van der Waals surface area contributed by atoms with Crippen LogP contribution in [0.25, 0.3) is 28.1 Å². The van der Waals surface area contributed by atoms with Gasteiger partial charge in [-0.1, -0.05) is 24.3 Å². The lowest BCUT2D eigenvalue weighted by atomic mass is 9.97. The molecule has 1 aliphatic heterocycles. The molecular formula is C30H28N8O3. The third-order valence-corrected chi connectivity index (χ3v) is 8.32. The molecule has 7 rings (SSSR count). The molecule has 1 aliphatic carbocycles. The Hall–Kier alpha value is -5.06. The van der Waals surface area contributed by atoms with Crippen molar-refractivity contribution in [1.29, 1.82) is 0 Å². The van der Waals surface area contributed by atoms with Crippen molar-refractivity contribution in [2.24, 2.45) is 11.7 Å². The number of aromatic nitrogens is 5. The summed E-state index contributed by atoms with van der Waals surface area (Å²) in [6.45, 7) is 1.79. The quantitative estimate of drug-likeness (QED) is 0.334. The lowest BCUT2D eigenvalue weighted by Crippen LogP contribution is -2.52. The molecule has 3 N–H and O–H groups in total. The number of piperidine rings is 1. The Labute approximate surface area is 235 Å². The summed E-state index contributed by atoms with van der Waals surface area (Å²) < 4.78 is 3.59. The van der Waals surface area contributed by atoms with Crippen molar-refractivity contribution < 1.29 is 14.4 Å². The number of carbonyl (C=O) groups excluding carboxylic acids is 3. The van der Waals surface area contributed by atoms with Crippen LogP contribution in [0.3, 0.4) is 0 Å². The number of hydrogen-bond donors (Lipinski definition) is 2. The van der Waals surface area contributed by atoms with Gasteiger partial charge in [-0.05, 0) is 56.4 Å². The summed E-state index contributed by atoms with van der Waals surface area (Å²) in [5.74, 6) is -0.0212. The van der Waals surface area contributed by atoms with Crippen molar-refractivity contribution in [3.63, 3.8) is 0 Å². The van der Waals surface area contributed by atoms with Crippen molar-refractivity contribution >= 4 is 40.2 Å². The molecule has 2 bridgehead atoms. The van der Waals surface area contributed by atoms with Gasteiger partial charge in [0.15, 0.2) is 0 Å². The zero-order chi connectivity index (χ0) is 28.2. The number of likely N-dealkylation sites (tertiary alicyclic amines) is 1. The van der Waals surface area contributed by atoms with Gasteiger partial charge in [0.25, 0.3) is 5.91 Å². The van der Waals surface area contributed by atoms with Crippen LogP contribution in [0, 0.1) is 12.8 Å². The van der Waals surface area contributed by atoms with Gasteiger partial charge in [0.1, 0.15) is 18.4 Å². The van der Waals surface area contributed by atoms with Crippen LogP contribution in [0.1, 0.15) is 35.3 Å². The van der Waals surface area contributed by atoms with E-state index in [-0.39, 0.29) is 30.3 Å². The van der Waals surface area contributed by atoms with Crippen LogP contribution in [0.2, 0.25) is 0 Å². The maximum atomic E-state index is 14.2. The Kier molecular flexibility index (Phi) is 5.81. The predicted molar refractivity (Wildman–Crippen MR) is 152 cm³/mol. The predicted octanol–water partition coefficient (Wildman–Crippen LogP) is 3.17. The van der Waals surface area contributed by atoms with Crippen LogP contribution >= 0.6 is 0 Å². The Balaban J connectivity index is 1.30. The molecule has 1 saturated heterocycles. The first-order valence-electron chi connectivity index (χ1n) is 13.7. The number of benzene rings is 1. The number of imidazole rings is 1. The van der Waals surface area contributed by atoms with Crippen molar-refractivity contribution in [2.45, 2.75) is 44.8 Å². The minimum atomic E-state index is -0.607. The second-order valence-electron chi connectivity index (χ2n) is 10.8. The van der Waals surface area contributed by atoms with Crippen molar-refractivity contribution in [3.05, 3.63) is 78.4 Å². The highest BCUT2D eigenvalue weighted by Crippen LogP contribution is 2.43. The second kappa shape index (κ2) is 9.54. The fourth-order valence-corrected chi connectivity index (χ4v) is 6.70. The first-order valence-corrected chi connectivity index (χ1v) is 13.7. The first-order chi connectivity index (χ1) is 19.9. The molecule has 41 heavy (non-hydrogen) atoms. The van der Waals surface area contributed by atoms with E-state index < -0.39 is 11.9 Å². The Bertz CT molecular complexity index is 1860. The van der Waals surface area contributed by atoms with Gasteiger partial charge < -0.3 is 20.5 Å². The molecule has 2 fully saturated rings. The molecule has 1 aromatic carbocycles. The number of fused-ring (bicyclic) bond motifs is 4. The molecule has 0 radical (unpaired) electrons. The number of para-hydroxylation sites is 1. The molecule has 11 nitrogen and oxygen atoms in total. The Morgan fingerprint density at radius 3 is 2.73 bits per heavy atom. The Morgan fingerprint density at radius 2 is 1.90 bits per heavy atom. The number of anilines is 1. The summed E-state index contributed by atoms with van der Waals surface area (Å²) in [5, 5.41) is 3.57. The van der Waals surface area contributed by atoms with Crippen molar-refractivity contribution in [3.8, 4) is 11.4 Å². The largest absolute Gasteiger partial charge is 0.366 e. The molecule has 5 heterocycles. The van der Waals surface area contributed by atoms with Gasteiger partial charge in [-0.3, -0.25) is 18.8 Å². The van der Waals surface area contributed by atoms with Gasteiger partial charge >= 0.3 is 0 Å². The number of aryl methyl sites for hydroxylation is 1. The Morgan fingerprint density at radius 1 is 1.05 bits per heavy atom. The van der Waals surface area contributed by atoms with E-state index in [0.29, 0.717) is 39.4 Å². The number of carbonyl (C=O) groups is 3. The lowest BCUT2D eigenvalue weighted by Gasteiger charge is -2.34. The molecule has 3 amide bonds.